The van der Waals surface area contributed by atoms with Crippen molar-refractivity contribution in [2.45, 2.75) is 32.5 Å². The van der Waals surface area contributed by atoms with Crippen LogP contribution in [0.5, 0.6) is 5.75 Å². The van der Waals surface area contributed by atoms with Crippen LogP contribution in [0.3, 0.4) is 0 Å². The predicted octanol–water partition coefficient (Wildman–Crippen LogP) is 3.79. The van der Waals surface area contributed by atoms with Gasteiger partial charge >= 0.3 is 12.3 Å². The van der Waals surface area contributed by atoms with Crippen molar-refractivity contribution in [2.75, 3.05) is 12.4 Å². The Bertz CT molecular complexity index is 576. The number of benzene rings is 1. The standard InChI is InChI=1S/C14H16F3NO4/c1-13(2,3)22-12(20)18-10-6-5-8(21-4)7-9(10)11(19)14(15,16)17/h5-7H,1-4H3,(H,18,20). The maximum Gasteiger partial charge on any atom is 0.454 e. The molecule has 0 fully saturated rings. The molecular weight excluding hydrogens is 303 g/mol. The number of amides is 1. The Morgan fingerprint density at radius 3 is 2.18 bits per heavy atom. The van der Waals surface area contributed by atoms with E-state index in [0.29, 0.717) is 0 Å². The monoisotopic (exact) mass is 319 g/mol. The fourth-order valence-corrected chi connectivity index (χ4v) is 1.51. The van der Waals surface area contributed by atoms with Gasteiger partial charge in [0.05, 0.1) is 18.4 Å². The highest BCUT2D eigenvalue weighted by Crippen LogP contribution is 2.29. The van der Waals surface area contributed by atoms with Gasteiger partial charge in [-0.1, -0.05) is 0 Å². The molecule has 0 aromatic heterocycles. The number of halogens is 3. The van der Waals surface area contributed by atoms with Crippen LogP contribution in [0.2, 0.25) is 0 Å². The summed E-state index contributed by atoms with van der Waals surface area (Å²) in [6.45, 7) is 4.80. The predicted molar refractivity (Wildman–Crippen MR) is 73.2 cm³/mol. The van der Waals surface area contributed by atoms with E-state index in [4.69, 9.17) is 9.47 Å². The second-order valence-corrected chi connectivity index (χ2v) is 5.37. The molecule has 0 spiro atoms. The molecule has 1 N–H and O–H groups in total. The fourth-order valence-electron chi connectivity index (χ4n) is 1.51. The normalized spacial score (nSPS) is 11.8. The first-order chi connectivity index (χ1) is 9.94. The number of hydrogen-bond acceptors (Lipinski definition) is 4. The molecule has 122 valence electrons. The van der Waals surface area contributed by atoms with Gasteiger partial charge in [-0.2, -0.15) is 13.2 Å². The summed E-state index contributed by atoms with van der Waals surface area (Å²) < 4.78 is 47.6. The van der Waals surface area contributed by atoms with Gasteiger partial charge in [-0.3, -0.25) is 10.1 Å². The van der Waals surface area contributed by atoms with Crippen molar-refractivity contribution in [3.05, 3.63) is 23.8 Å². The smallest absolute Gasteiger partial charge is 0.454 e. The molecule has 0 unspecified atom stereocenters. The highest BCUT2D eigenvalue weighted by atomic mass is 19.4. The largest absolute Gasteiger partial charge is 0.497 e. The van der Waals surface area contributed by atoms with Gasteiger partial charge in [-0.15, -0.1) is 0 Å². The first-order valence-corrected chi connectivity index (χ1v) is 6.23. The molecule has 0 heterocycles. The molecule has 0 atom stereocenters. The number of carbonyl (C=O) groups excluding carboxylic acids is 2. The number of ether oxygens (including phenoxy) is 2. The lowest BCUT2D eigenvalue weighted by Crippen LogP contribution is -2.29. The number of nitrogens with one attached hydrogen (secondary N) is 1. The van der Waals surface area contributed by atoms with E-state index in [9.17, 15) is 22.8 Å². The van der Waals surface area contributed by atoms with Crippen molar-refractivity contribution < 1.29 is 32.2 Å². The SMILES string of the molecule is COc1ccc(NC(=O)OC(C)(C)C)c(C(=O)C(F)(F)F)c1. The number of alkyl halides is 3. The summed E-state index contributed by atoms with van der Waals surface area (Å²) in [4.78, 5) is 23.1. The Kier molecular flexibility index (Phi) is 5.05. The van der Waals surface area contributed by atoms with Crippen molar-refractivity contribution in [2.24, 2.45) is 0 Å². The lowest BCUT2D eigenvalue weighted by atomic mass is 10.1. The quantitative estimate of drug-likeness (QED) is 0.861. The molecule has 0 saturated heterocycles. The van der Waals surface area contributed by atoms with Crippen LogP contribution in [0.15, 0.2) is 18.2 Å². The van der Waals surface area contributed by atoms with Gasteiger partial charge < -0.3 is 9.47 Å². The van der Waals surface area contributed by atoms with Gasteiger partial charge in [0.1, 0.15) is 11.4 Å². The molecule has 0 aliphatic heterocycles. The molecule has 0 bridgehead atoms. The number of hydrogen-bond donors (Lipinski definition) is 1. The van der Waals surface area contributed by atoms with Gasteiger partial charge in [-0.25, -0.2) is 4.79 Å². The average molecular weight is 319 g/mol. The number of rotatable bonds is 3. The van der Waals surface area contributed by atoms with Crippen molar-refractivity contribution >= 4 is 17.6 Å². The van der Waals surface area contributed by atoms with E-state index in [2.05, 4.69) is 5.32 Å². The number of ketones is 1. The first-order valence-electron chi connectivity index (χ1n) is 6.23. The summed E-state index contributed by atoms with van der Waals surface area (Å²) in [6, 6.07) is 3.37. The molecule has 5 nitrogen and oxygen atoms in total. The van der Waals surface area contributed by atoms with Crippen LogP contribution in [0.1, 0.15) is 31.1 Å². The van der Waals surface area contributed by atoms with Gasteiger partial charge in [0, 0.05) is 0 Å². The lowest BCUT2D eigenvalue weighted by Gasteiger charge is -2.20. The minimum absolute atomic E-state index is 0.0577. The minimum atomic E-state index is -5.07. The first kappa shape index (κ1) is 17.8. The topological polar surface area (TPSA) is 64.6 Å². The maximum absolute atomic E-state index is 12.6. The molecular formula is C14H16F3NO4. The summed E-state index contributed by atoms with van der Waals surface area (Å²) in [7, 11) is 1.25. The molecule has 0 saturated carbocycles. The van der Waals surface area contributed by atoms with E-state index < -0.39 is 29.2 Å². The van der Waals surface area contributed by atoms with Crippen LogP contribution in [-0.2, 0) is 4.74 Å². The van der Waals surface area contributed by atoms with Crippen LogP contribution >= 0.6 is 0 Å². The van der Waals surface area contributed by atoms with E-state index in [1.54, 1.807) is 20.8 Å². The Labute approximate surface area is 125 Å². The van der Waals surface area contributed by atoms with Crippen LogP contribution in [-0.4, -0.2) is 30.8 Å². The van der Waals surface area contributed by atoms with Crippen LogP contribution in [0.25, 0.3) is 0 Å². The maximum atomic E-state index is 12.6. The van der Waals surface area contributed by atoms with Crippen molar-refractivity contribution in [3.63, 3.8) is 0 Å². The highest BCUT2D eigenvalue weighted by Gasteiger charge is 2.41. The summed E-state index contributed by atoms with van der Waals surface area (Å²) >= 11 is 0. The Balaban J connectivity index is 3.14. The van der Waals surface area contributed by atoms with Crippen molar-refractivity contribution in [3.8, 4) is 5.75 Å². The van der Waals surface area contributed by atoms with Gasteiger partial charge in [0.2, 0.25) is 0 Å². The van der Waals surface area contributed by atoms with Crippen LogP contribution < -0.4 is 10.1 Å². The zero-order chi connectivity index (χ0) is 17.1. The summed E-state index contributed by atoms with van der Waals surface area (Å²) in [5.41, 5.74) is -1.86. The molecule has 0 aliphatic carbocycles. The van der Waals surface area contributed by atoms with Gasteiger partial charge in [0.15, 0.2) is 0 Å². The zero-order valence-electron chi connectivity index (χ0n) is 12.5. The fraction of sp³-hybridized carbons (Fsp3) is 0.429. The van der Waals surface area contributed by atoms with E-state index in [1.165, 1.54) is 13.2 Å². The van der Waals surface area contributed by atoms with E-state index >= 15 is 0 Å². The Morgan fingerprint density at radius 1 is 1.14 bits per heavy atom. The highest BCUT2D eigenvalue weighted by molar-refractivity contribution is 6.07. The Morgan fingerprint density at radius 2 is 1.73 bits per heavy atom. The van der Waals surface area contributed by atoms with Crippen molar-refractivity contribution in [1.82, 2.24) is 0 Å². The van der Waals surface area contributed by atoms with Gasteiger partial charge in [0.25, 0.3) is 5.78 Å². The van der Waals surface area contributed by atoms with Crippen LogP contribution in [0.4, 0.5) is 23.7 Å². The summed E-state index contributed by atoms with van der Waals surface area (Å²) in [5.74, 6) is -2.03. The molecule has 1 amide bonds. The molecule has 0 aliphatic rings. The summed E-state index contributed by atoms with van der Waals surface area (Å²) in [6.07, 6.45) is -6.04. The van der Waals surface area contributed by atoms with Crippen LogP contribution in [0, 0.1) is 0 Å². The molecule has 0 radical (unpaired) electrons. The zero-order valence-corrected chi connectivity index (χ0v) is 12.5. The third-order valence-electron chi connectivity index (χ3n) is 2.36. The number of anilines is 1. The molecule has 1 aromatic rings. The van der Waals surface area contributed by atoms with Crippen molar-refractivity contribution in [1.29, 1.82) is 0 Å². The number of Topliss-reactive ketones (excluding diaryl/α,β-unsaturated/α-hetero) is 1. The van der Waals surface area contributed by atoms with Gasteiger partial charge in [-0.05, 0) is 39.0 Å². The van der Waals surface area contributed by atoms with E-state index in [1.807, 2.05) is 0 Å². The number of carbonyl (C=O) groups is 2. The second-order valence-electron chi connectivity index (χ2n) is 5.37. The van der Waals surface area contributed by atoms with E-state index in [-0.39, 0.29) is 11.4 Å². The van der Waals surface area contributed by atoms with E-state index in [0.717, 1.165) is 12.1 Å². The third-order valence-corrected chi connectivity index (χ3v) is 2.36. The molecule has 1 aromatic carbocycles. The third kappa shape index (κ3) is 4.94. The lowest BCUT2D eigenvalue weighted by molar-refractivity contribution is -0.0884. The number of methoxy groups -OCH3 is 1. The molecule has 1 rings (SSSR count). The minimum Gasteiger partial charge on any atom is -0.497 e. The Hall–Kier alpha value is -2.25. The average Bonchev–Trinajstić information content (AvgIpc) is 2.35. The molecule has 8 heteroatoms. The summed E-state index contributed by atoms with van der Waals surface area (Å²) in [5, 5.41) is 2.13. The second kappa shape index (κ2) is 6.25. The molecule has 22 heavy (non-hydrogen) atoms.